The van der Waals surface area contributed by atoms with E-state index >= 15 is 0 Å². The number of hydrogen-bond donors (Lipinski definition) is 1. The van der Waals surface area contributed by atoms with E-state index in [0.29, 0.717) is 0 Å². The van der Waals surface area contributed by atoms with Crippen molar-refractivity contribution in [3.05, 3.63) is 11.4 Å². The molecular formula is C18H30N2O. The van der Waals surface area contributed by atoms with Gasteiger partial charge in [-0.15, -0.1) is 0 Å². The summed E-state index contributed by atoms with van der Waals surface area (Å²) in [5.41, 5.74) is 1.40. The summed E-state index contributed by atoms with van der Waals surface area (Å²) in [6, 6.07) is 3.76. The highest BCUT2D eigenvalue weighted by atomic mass is 16.3. The monoisotopic (exact) mass is 290 g/mol. The van der Waals surface area contributed by atoms with Crippen LogP contribution in [0.15, 0.2) is 11.1 Å². The molecule has 21 heavy (non-hydrogen) atoms. The van der Waals surface area contributed by atoms with Crippen LogP contribution in [0.25, 0.3) is 0 Å². The summed E-state index contributed by atoms with van der Waals surface area (Å²) in [5, 5.41) is 10.3. The lowest BCUT2D eigenvalue weighted by atomic mass is 9.89. The second-order valence-corrected chi connectivity index (χ2v) is 7.07. The molecule has 0 radical (unpaired) electrons. The number of anilines is 1. The van der Waals surface area contributed by atoms with Crippen molar-refractivity contribution >= 4 is 5.69 Å². The van der Waals surface area contributed by atoms with E-state index < -0.39 is 0 Å². The van der Waals surface area contributed by atoms with E-state index in [9.17, 15) is 5.11 Å². The third-order valence-electron chi connectivity index (χ3n) is 5.29. The first-order valence-electron chi connectivity index (χ1n) is 8.98. The molecule has 0 spiro atoms. The Bertz CT molecular complexity index is 431. The highest BCUT2D eigenvalue weighted by Crippen LogP contribution is 2.34. The van der Waals surface area contributed by atoms with Crippen molar-refractivity contribution in [2.24, 2.45) is 4.99 Å². The number of nitrogens with zero attached hydrogens (tertiary/aromatic N) is 2. The van der Waals surface area contributed by atoms with E-state index in [1.807, 2.05) is 6.92 Å². The van der Waals surface area contributed by atoms with Gasteiger partial charge in [0, 0.05) is 12.1 Å². The molecule has 2 fully saturated rings. The Morgan fingerprint density at radius 2 is 1.57 bits per heavy atom. The van der Waals surface area contributed by atoms with Crippen molar-refractivity contribution < 1.29 is 5.11 Å². The lowest BCUT2D eigenvalue weighted by molar-refractivity contribution is 0.273. The number of aliphatic hydroxyl groups excluding tert-OH is 1. The molecule has 2 aliphatic carbocycles. The van der Waals surface area contributed by atoms with Gasteiger partial charge in [-0.2, -0.15) is 0 Å². The Labute approximate surface area is 128 Å². The molecule has 0 bridgehead atoms. The zero-order chi connectivity index (χ0) is 14.7. The average molecular weight is 290 g/mol. The van der Waals surface area contributed by atoms with Crippen molar-refractivity contribution in [2.45, 2.75) is 89.3 Å². The summed E-state index contributed by atoms with van der Waals surface area (Å²) < 4.78 is 0. The van der Waals surface area contributed by atoms with Crippen LogP contribution in [0.3, 0.4) is 0 Å². The van der Waals surface area contributed by atoms with Gasteiger partial charge in [0.2, 0.25) is 0 Å². The first-order chi connectivity index (χ1) is 10.3. The maximum atomic E-state index is 9.19. The Hall–Kier alpha value is -0.830. The van der Waals surface area contributed by atoms with Gasteiger partial charge in [0.15, 0.2) is 0 Å². The van der Waals surface area contributed by atoms with Gasteiger partial charge in [-0.25, -0.2) is 0 Å². The molecule has 1 aromatic carbocycles. The maximum absolute atomic E-state index is 9.19. The van der Waals surface area contributed by atoms with Crippen molar-refractivity contribution in [3.8, 4) is 0 Å². The fourth-order valence-electron chi connectivity index (χ4n) is 4.09. The first-order valence-corrected chi connectivity index (χ1v) is 8.98. The number of hydrogen-bond acceptors (Lipinski definition) is 3. The van der Waals surface area contributed by atoms with Gasteiger partial charge in [-0.3, -0.25) is 4.99 Å². The predicted molar refractivity (Wildman–Crippen MR) is 87.1 cm³/mol. The Morgan fingerprint density at radius 3 is 2.05 bits per heavy atom. The van der Waals surface area contributed by atoms with Gasteiger partial charge in [-0.1, -0.05) is 38.5 Å². The molecule has 0 heterocycles. The minimum Gasteiger partial charge on any atom is -0.394 e. The van der Waals surface area contributed by atoms with E-state index in [1.54, 1.807) is 0 Å². The van der Waals surface area contributed by atoms with E-state index in [4.69, 9.17) is 0 Å². The molecule has 3 nitrogen and oxygen atoms in total. The van der Waals surface area contributed by atoms with Crippen LogP contribution in [0.5, 0.6) is 0 Å². The molecule has 2 saturated carbocycles. The van der Waals surface area contributed by atoms with Crippen molar-refractivity contribution in [1.82, 2.24) is 0 Å². The van der Waals surface area contributed by atoms with Crippen LogP contribution in [-0.2, 0) is 0 Å². The highest BCUT2D eigenvalue weighted by molar-refractivity contribution is 5.57. The van der Waals surface area contributed by atoms with Gasteiger partial charge in [0.1, 0.15) is 0 Å². The minimum absolute atomic E-state index is 0.0355. The summed E-state index contributed by atoms with van der Waals surface area (Å²) in [6.45, 7) is 2.14. The smallest absolute Gasteiger partial charge is 0.0834 e. The summed E-state index contributed by atoms with van der Waals surface area (Å²) >= 11 is 0. The summed E-state index contributed by atoms with van der Waals surface area (Å²) in [7, 11) is 0. The molecule has 3 rings (SSSR count). The van der Waals surface area contributed by atoms with Crippen LogP contribution in [0.4, 0.5) is 5.69 Å². The SMILES string of the molecule is C[C@@H](CO)N=c1cc1N(C1CCCCC1)C1CCCCC1. The van der Waals surface area contributed by atoms with E-state index in [2.05, 4.69) is 16.0 Å². The second kappa shape index (κ2) is 6.95. The third kappa shape index (κ3) is 3.68. The maximum Gasteiger partial charge on any atom is 0.0834 e. The van der Waals surface area contributed by atoms with Crippen molar-refractivity contribution in [2.75, 3.05) is 11.5 Å². The van der Waals surface area contributed by atoms with Crippen LogP contribution in [-0.4, -0.2) is 29.8 Å². The van der Waals surface area contributed by atoms with Crippen LogP contribution >= 0.6 is 0 Å². The van der Waals surface area contributed by atoms with Crippen molar-refractivity contribution in [1.29, 1.82) is 0 Å². The Balaban J connectivity index is 1.76. The van der Waals surface area contributed by atoms with E-state index in [1.165, 1.54) is 69.9 Å². The molecule has 1 atom stereocenters. The lowest BCUT2D eigenvalue weighted by Gasteiger charge is -2.41. The fraction of sp³-hybridized carbons (Fsp3) is 0.833. The Morgan fingerprint density at radius 1 is 1.05 bits per heavy atom. The van der Waals surface area contributed by atoms with Gasteiger partial charge in [-0.05, 0) is 38.7 Å². The zero-order valence-electron chi connectivity index (χ0n) is 13.4. The summed E-state index contributed by atoms with van der Waals surface area (Å²) in [5.74, 6) is 0. The molecule has 0 saturated heterocycles. The van der Waals surface area contributed by atoms with Crippen molar-refractivity contribution in [3.63, 3.8) is 0 Å². The zero-order valence-corrected chi connectivity index (χ0v) is 13.4. The number of rotatable bonds is 5. The van der Waals surface area contributed by atoms with E-state index in [-0.39, 0.29) is 12.6 Å². The summed E-state index contributed by atoms with van der Waals surface area (Å²) in [4.78, 5) is 7.37. The molecule has 1 N–H and O–H groups in total. The van der Waals surface area contributed by atoms with Gasteiger partial charge < -0.3 is 10.0 Å². The summed E-state index contributed by atoms with van der Waals surface area (Å²) in [6.07, 6.45) is 13.8. The topological polar surface area (TPSA) is 35.8 Å². The van der Waals surface area contributed by atoms with Crippen LogP contribution < -0.4 is 10.3 Å². The minimum atomic E-state index is 0.0355. The van der Waals surface area contributed by atoms with Gasteiger partial charge in [0.05, 0.1) is 23.7 Å². The fourth-order valence-corrected chi connectivity index (χ4v) is 4.09. The molecular weight excluding hydrogens is 260 g/mol. The molecule has 0 aliphatic heterocycles. The molecule has 0 aromatic heterocycles. The van der Waals surface area contributed by atoms with Crippen LogP contribution in [0, 0.1) is 0 Å². The largest absolute Gasteiger partial charge is 0.394 e. The predicted octanol–water partition coefficient (Wildman–Crippen LogP) is 3.32. The van der Waals surface area contributed by atoms with Crippen LogP contribution in [0.1, 0.15) is 71.1 Å². The lowest BCUT2D eigenvalue weighted by Crippen LogP contribution is -2.45. The molecule has 2 aliphatic rings. The van der Waals surface area contributed by atoms with Crippen LogP contribution in [0.2, 0.25) is 0 Å². The molecule has 3 heteroatoms. The Kier molecular flexibility index (Phi) is 4.99. The molecule has 0 unspecified atom stereocenters. The normalized spacial score (nSPS) is 24.6. The number of aliphatic hydroxyl groups is 1. The van der Waals surface area contributed by atoms with Gasteiger partial charge >= 0.3 is 0 Å². The first kappa shape index (κ1) is 15.1. The molecule has 0 amide bonds. The second-order valence-electron chi connectivity index (χ2n) is 7.07. The highest BCUT2D eigenvalue weighted by Gasteiger charge is 2.32. The quantitative estimate of drug-likeness (QED) is 0.903. The van der Waals surface area contributed by atoms with Gasteiger partial charge in [0.25, 0.3) is 0 Å². The standard InChI is InChI=1S/C18H30N2O/c1-14(13-21)19-17-12-18(17)20(15-8-4-2-5-9-15)16-10-6-3-7-11-16/h12,14-16,21H,2-11,13H2,1H3/t14-/m0/s1. The molecule has 1 aromatic rings. The third-order valence-corrected chi connectivity index (χ3v) is 5.29. The average Bonchev–Trinajstić information content (AvgIpc) is 3.28. The van der Waals surface area contributed by atoms with E-state index in [0.717, 1.165) is 17.4 Å². The molecule has 118 valence electrons.